The molecule has 1 heteroatoms. The van der Waals surface area contributed by atoms with Crippen LogP contribution in [0.5, 0.6) is 0 Å². The van der Waals surface area contributed by atoms with Crippen molar-refractivity contribution in [3.05, 3.63) is 0 Å². The molecule has 0 heterocycles. The molecule has 0 N–H and O–H groups in total. The number of fused-ring (bicyclic) bond motifs is 5. The van der Waals surface area contributed by atoms with E-state index in [1.165, 1.54) is 51.4 Å². The van der Waals surface area contributed by atoms with Crippen molar-refractivity contribution in [1.29, 1.82) is 0 Å². The molecule has 7 atom stereocenters. The Morgan fingerprint density at radius 1 is 0.950 bits per heavy atom. The van der Waals surface area contributed by atoms with E-state index in [1.54, 1.807) is 0 Å². The maximum Gasteiger partial charge on any atom is 0.139 e. The molecule has 4 aliphatic carbocycles. The molecule has 0 saturated heterocycles. The van der Waals surface area contributed by atoms with Gasteiger partial charge in [0.2, 0.25) is 0 Å². The van der Waals surface area contributed by atoms with Gasteiger partial charge in [0.15, 0.2) is 0 Å². The molecule has 0 aliphatic heterocycles. The number of carbonyl (C=O) groups is 1. The lowest BCUT2D eigenvalue weighted by molar-refractivity contribution is -0.133. The second-order valence-corrected chi connectivity index (χ2v) is 8.77. The standard InChI is InChI=1S/C19H30O/c1-12-3-5-14-13(11-12)4-6-16-15(14)9-10-19(2)17(16)7-8-18(19)20/h12-17H,3-11H2,1-2H3/t12?,13-,14-,15+,16+,17-,19-/m0/s1. The molecule has 0 aromatic carbocycles. The molecule has 112 valence electrons. The fourth-order valence-electron chi connectivity index (χ4n) is 6.86. The third kappa shape index (κ3) is 1.77. The van der Waals surface area contributed by atoms with Gasteiger partial charge < -0.3 is 0 Å². The average molecular weight is 274 g/mol. The van der Waals surface area contributed by atoms with Crippen molar-refractivity contribution in [2.75, 3.05) is 0 Å². The summed E-state index contributed by atoms with van der Waals surface area (Å²) >= 11 is 0. The predicted molar refractivity (Wildman–Crippen MR) is 81.3 cm³/mol. The summed E-state index contributed by atoms with van der Waals surface area (Å²) in [6.07, 6.45) is 12.0. The van der Waals surface area contributed by atoms with Crippen LogP contribution >= 0.6 is 0 Å². The van der Waals surface area contributed by atoms with Gasteiger partial charge >= 0.3 is 0 Å². The second kappa shape index (κ2) is 4.58. The van der Waals surface area contributed by atoms with Crippen molar-refractivity contribution < 1.29 is 4.79 Å². The van der Waals surface area contributed by atoms with Crippen molar-refractivity contribution in [1.82, 2.24) is 0 Å². The number of hydrogen-bond donors (Lipinski definition) is 0. The molecule has 0 bridgehead atoms. The van der Waals surface area contributed by atoms with Crippen LogP contribution in [-0.2, 0) is 4.79 Å². The molecule has 4 aliphatic rings. The Morgan fingerprint density at radius 3 is 2.60 bits per heavy atom. The molecule has 4 fully saturated rings. The number of hydrogen-bond acceptors (Lipinski definition) is 1. The van der Waals surface area contributed by atoms with E-state index in [1.807, 2.05) is 0 Å². The van der Waals surface area contributed by atoms with Gasteiger partial charge in [-0.3, -0.25) is 4.79 Å². The lowest BCUT2D eigenvalue weighted by Gasteiger charge is -2.54. The van der Waals surface area contributed by atoms with E-state index in [0.29, 0.717) is 5.78 Å². The summed E-state index contributed by atoms with van der Waals surface area (Å²) in [5.74, 6) is 6.23. The normalized spacial score (nSPS) is 55.0. The van der Waals surface area contributed by atoms with Crippen molar-refractivity contribution in [3.63, 3.8) is 0 Å². The summed E-state index contributed by atoms with van der Waals surface area (Å²) in [6.45, 7) is 4.76. The molecule has 0 aromatic heterocycles. The highest BCUT2D eigenvalue weighted by molar-refractivity contribution is 5.87. The molecule has 4 saturated carbocycles. The van der Waals surface area contributed by atoms with Crippen molar-refractivity contribution in [2.45, 2.75) is 71.6 Å². The monoisotopic (exact) mass is 274 g/mol. The Hall–Kier alpha value is -0.330. The lowest BCUT2D eigenvalue weighted by Crippen LogP contribution is -2.48. The van der Waals surface area contributed by atoms with E-state index < -0.39 is 0 Å². The number of Topliss-reactive ketones (excluding diaryl/α,β-unsaturated/α-hetero) is 1. The van der Waals surface area contributed by atoms with Crippen LogP contribution in [0.1, 0.15) is 71.6 Å². The molecule has 0 aromatic rings. The number of carbonyl (C=O) groups excluding carboxylic acids is 1. The molecule has 0 amide bonds. The van der Waals surface area contributed by atoms with E-state index in [-0.39, 0.29) is 5.41 Å². The minimum atomic E-state index is 0.0793. The van der Waals surface area contributed by atoms with Crippen LogP contribution in [0.2, 0.25) is 0 Å². The van der Waals surface area contributed by atoms with Crippen molar-refractivity contribution >= 4 is 5.78 Å². The maximum absolute atomic E-state index is 12.3. The first kappa shape index (κ1) is 13.3. The fourth-order valence-corrected chi connectivity index (χ4v) is 6.86. The Bertz CT molecular complexity index is 414. The zero-order chi connectivity index (χ0) is 13.9. The largest absolute Gasteiger partial charge is 0.299 e. The van der Waals surface area contributed by atoms with E-state index in [2.05, 4.69) is 13.8 Å². The van der Waals surface area contributed by atoms with Crippen molar-refractivity contribution in [2.24, 2.45) is 40.9 Å². The van der Waals surface area contributed by atoms with Gasteiger partial charge in [-0.15, -0.1) is 0 Å². The third-order valence-corrected chi connectivity index (χ3v) is 7.93. The van der Waals surface area contributed by atoms with Crippen LogP contribution in [0.25, 0.3) is 0 Å². The summed E-state index contributed by atoms with van der Waals surface area (Å²) in [4.78, 5) is 12.3. The zero-order valence-corrected chi connectivity index (χ0v) is 13.2. The number of ketones is 1. The summed E-state index contributed by atoms with van der Waals surface area (Å²) in [5.41, 5.74) is 0.0793. The first-order chi connectivity index (χ1) is 9.59. The van der Waals surface area contributed by atoms with Gasteiger partial charge in [0.05, 0.1) is 0 Å². The Kier molecular flexibility index (Phi) is 3.06. The first-order valence-electron chi connectivity index (χ1n) is 9.13. The molecule has 4 rings (SSSR count). The summed E-state index contributed by atoms with van der Waals surface area (Å²) in [7, 11) is 0. The van der Waals surface area contributed by atoms with Crippen LogP contribution in [0, 0.1) is 40.9 Å². The minimum absolute atomic E-state index is 0.0793. The topological polar surface area (TPSA) is 17.1 Å². The second-order valence-electron chi connectivity index (χ2n) is 8.77. The molecule has 20 heavy (non-hydrogen) atoms. The molecule has 0 spiro atoms. The van der Waals surface area contributed by atoms with Gasteiger partial charge in [0.1, 0.15) is 5.78 Å². The quantitative estimate of drug-likeness (QED) is 0.617. The van der Waals surface area contributed by atoms with Gasteiger partial charge in [-0.25, -0.2) is 0 Å². The van der Waals surface area contributed by atoms with Gasteiger partial charge in [-0.1, -0.05) is 20.3 Å². The Morgan fingerprint density at radius 2 is 1.75 bits per heavy atom. The molecular formula is C19H30O. The van der Waals surface area contributed by atoms with Gasteiger partial charge in [-0.2, -0.15) is 0 Å². The first-order valence-corrected chi connectivity index (χ1v) is 9.13. The smallest absolute Gasteiger partial charge is 0.139 e. The van der Waals surface area contributed by atoms with E-state index in [4.69, 9.17) is 0 Å². The number of rotatable bonds is 0. The Labute approximate surface area is 123 Å². The lowest BCUT2D eigenvalue weighted by atomic mass is 9.50. The van der Waals surface area contributed by atoms with E-state index >= 15 is 0 Å². The van der Waals surface area contributed by atoms with E-state index in [9.17, 15) is 4.79 Å². The molecule has 0 radical (unpaired) electrons. The van der Waals surface area contributed by atoms with Crippen molar-refractivity contribution in [3.8, 4) is 0 Å². The Balaban J connectivity index is 1.58. The zero-order valence-electron chi connectivity index (χ0n) is 13.2. The molecule has 1 unspecified atom stereocenters. The maximum atomic E-state index is 12.3. The van der Waals surface area contributed by atoms with Crippen LogP contribution in [0.4, 0.5) is 0 Å². The highest BCUT2D eigenvalue weighted by Gasteiger charge is 2.56. The highest BCUT2D eigenvalue weighted by atomic mass is 16.1. The highest BCUT2D eigenvalue weighted by Crippen LogP contribution is 2.61. The van der Waals surface area contributed by atoms with E-state index in [0.717, 1.165) is 41.9 Å². The van der Waals surface area contributed by atoms with Crippen LogP contribution < -0.4 is 0 Å². The van der Waals surface area contributed by atoms with Gasteiger partial charge in [-0.05, 0) is 80.5 Å². The summed E-state index contributed by atoms with van der Waals surface area (Å²) in [5, 5.41) is 0. The summed E-state index contributed by atoms with van der Waals surface area (Å²) < 4.78 is 0. The molecule has 1 nitrogen and oxygen atoms in total. The third-order valence-electron chi connectivity index (χ3n) is 7.93. The SMILES string of the molecule is CC1CC[C@H]2[C@@H](CC[C@@H]3[C@@H]2CC[C@]2(C)C(=O)CC[C@@H]32)C1. The minimum Gasteiger partial charge on any atom is -0.299 e. The fraction of sp³-hybridized carbons (Fsp3) is 0.947. The summed E-state index contributed by atoms with van der Waals surface area (Å²) in [6, 6.07) is 0. The van der Waals surface area contributed by atoms with Gasteiger partial charge in [0, 0.05) is 11.8 Å². The van der Waals surface area contributed by atoms with Crippen LogP contribution in [-0.4, -0.2) is 5.78 Å². The van der Waals surface area contributed by atoms with Gasteiger partial charge in [0.25, 0.3) is 0 Å². The predicted octanol–water partition coefficient (Wildman–Crippen LogP) is 4.84. The van der Waals surface area contributed by atoms with Crippen LogP contribution in [0.15, 0.2) is 0 Å². The van der Waals surface area contributed by atoms with Crippen LogP contribution in [0.3, 0.4) is 0 Å². The molecular weight excluding hydrogens is 244 g/mol. The average Bonchev–Trinajstić information content (AvgIpc) is 2.74.